The molecule has 4 heteroatoms. The van der Waals surface area contributed by atoms with Crippen LogP contribution in [0.1, 0.15) is 24.2 Å². The van der Waals surface area contributed by atoms with E-state index >= 15 is 0 Å². The summed E-state index contributed by atoms with van der Waals surface area (Å²) >= 11 is 0. The van der Waals surface area contributed by atoms with Crippen LogP contribution in [0.15, 0.2) is 42.7 Å². The first-order chi connectivity index (χ1) is 9.26. The standard InChI is InChI=1S/C15H18N2O2/c1-11(13-6-4-8-17-10-13)19-15-12(9-16)5-3-7-14(15)18-2/h3-8,10-11H,9,16H2,1-2H3. The number of nitrogens with two attached hydrogens (primary N) is 1. The number of hydrogen-bond donors (Lipinski definition) is 1. The molecule has 2 rings (SSSR count). The molecule has 0 bridgehead atoms. The molecule has 0 fully saturated rings. The van der Waals surface area contributed by atoms with E-state index in [0.29, 0.717) is 18.0 Å². The molecule has 1 atom stereocenters. The molecule has 0 aliphatic carbocycles. The molecule has 0 aliphatic heterocycles. The zero-order valence-electron chi connectivity index (χ0n) is 11.2. The predicted molar refractivity (Wildman–Crippen MR) is 74.2 cm³/mol. The lowest BCUT2D eigenvalue weighted by Crippen LogP contribution is -2.08. The molecule has 0 spiro atoms. The van der Waals surface area contributed by atoms with E-state index in [1.807, 2.05) is 37.3 Å². The van der Waals surface area contributed by atoms with E-state index in [2.05, 4.69) is 4.98 Å². The van der Waals surface area contributed by atoms with Gasteiger partial charge in [0.05, 0.1) is 7.11 Å². The Morgan fingerprint density at radius 3 is 2.74 bits per heavy atom. The molecule has 0 amide bonds. The van der Waals surface area contributed by atoms with Crippen LogP contribution in [0.4, 0.5) is 0 Å². The molecule has 1 aromatic heterocycles. The maximum absolute atomic E-state index is 6.00. The van der Waals surface area contributed by atoms with Crippen LogP contribution in [0.5, 0.6) is 11.5 Å². The van der Waals surface area contributed by atoms with Gasteiger partial charge in [-0.2, -0.15) is 0 Å². The molecule has 0 saturated carbocycles. The summed E-state index contributed by atoms with van der Waals surface area (Å²) in [7, 11) is 1.62. The third kappa shape index (κ3) is 3.03. The maximum atomic E-state index is 6.00. The van der Waals surface area contributed by atoms with Crippen LogP contribution in [-0.2, 0) is 6.54 Å². The summed E-state index contributed by atoms with van der Waals surface area (Å²) in [5.74, 6) is 1.39. The van der Waals surface area contributed by atoms with E-state index in [0.717, 1.165) is 11.1 Å². The van der Waals surface area contributed by atoms with Crippen LogP contribution in [0.25, 0.3) is 0 Å². The summed E-state index contributed by atoms with van der Waals surface area (Å²) < 4.78 is 11.3. The fourth-order valence-electron chi connectivity index (χ4n) is 1.88. The van der Waals surface area contributed by atoms with Crippen molar-refractivity contribution in [3.8, 4) is 11.5 Å². The molecule has 2 N–H and O–H groups in total. The van der Waals surface area contributed by atoms with Gasteiger partial charge in [0, 0.05) is 30.1 Å². The second kappa shape index (κ2) is 6.20. The van der Waals surface area contributed by atoms with Crippen molar-refractivity contribution >= 4 is 0 Å². The molecule has 1 unspecified atom stereocenters. The first-order valence-electron chi connectivity index (χ1n) is 6.18. The molecule has 1 aromatic carbocycles. The van der Waals surface area contributed by atoms with Crippen molar-refractivity contribution in [2.75, 3.05) is 7.11 Å². The lowest BCUT2D eigenvalue weighted by Gasteiger charge is -2.19. The number of nitrogens with zero attached hydrogens (tertiary/aromatic N) is 1. The summed E-state index contributed by atoms with van der Waals surface area (Å²) in [4.78, 5) is 4.10. The van der Waals surface area contributed by atoms with Gasteiger partial charge in [0.2, 0.25) is 0 Å². The SMILES string of the molecule is COc1cccc(CN)c1OC(C)c1cccnc1. The number of para-hydroxylation sites is 1. The van der Waals surface area contributed by atoms with Gasteiger partial charge >= 0.3 is 0 Å². The fourth-order valence-corrected chi connectivity index (χ4v) is 1.88. The molecule has 0 saturated heterocycles. The van der Waals surface area contributed by atoms with Crippen LogP contribution in [0, 0.1) is 0 Å². The molecular weight excluding hydrogens is 240 g/mol. The second-order valence-electron chi connectivity index (χ2n) is 4.20. The summed E-state index contributed by atoms with van der Waals surface area (Å²) in [6.07, 6.45) is 3.42. The van der Waals surface area contributed by atoms with Crippen molar-refractivity contribution in [2.24, 2.45) is 5.73 Å². The van der Waals surface area contributed by atoms with Gasteiger partial charge in [-0.05, 0) is 19.1 Å². The van der Waals surface area contributed by atoms with Crippen LogP contribution in [0.2, 0.25) is 0 Å². The molecule has 2 aromatic rings. The Hall–Kier alpha value is -2.07. The number of aromatic nitrogens is 1. The Morgan fingerprint density at radius 2 is 2.11 bits per heavy atom. The van der Waals surface area contributed by atoms with E-state index < -0.39 is 0 Å². The van der Waals surface area contributed by atoms with Crippen LogP contribution >= 0.6 is 0 Å². The van der Waals surface area contributed by atoms with Gasteiger partial charge in [-0.15, -0.1) is 0 Å². The number of benzene rings is 1. The molecule has 4 nitrogen and oxygen atoms in total. The largest absolute Gasteiger partial charge is 0.493 e. The Morgan fingerprint density at radius 1 is 1.26 bits per heavy atom. The monoisotopic (exact) mass is 258 g/mol. The van der Waals surface area contributed by atoms with Gasteiger partial charge in [-0.3, -0.25) is 4.98 Å². The van der Waals surface area contributed by atoms with E-state index in [4.69, 9.17) is 15.2 Å². The zero-order chi connectivity index (χ0) is 13.7. The quantitative estimate of drug-likeness (QED) is 0.895. The van der Waals surface area contributed by atoms with Gasteiger partial charge in [-0.1, -0.05) is 18.2 Å². The van der Waals surface area contributed by atoms with Crippen molar-refractivity contribution in [3.05, 3.63) is 53.9 Å². The first kappa shape index (κ1) is 13.4. The van der Waals surface area contributed by atoms with E-state index in [9.17, 15) is 0 Å². The minimum Gasteiger partial charge on any atom is -0.493 e. The average molecular weight is 258 g/mol. The number of rotatable bonds is 5. The summed E-state index contributed by atoms with van der Waals surface area (Å²) in [5.41, 5.74) is 7.68. The topological polar surface area (TPSA) is 57.4 Å². The first-order valence-corrected chi connectivity index (χ1v) is 6.18. The van der Waals surface area contributed by atoms with E-state index in [1.165, 1.54) is 0 Å². The molecule has 100 valence electrons. The third-order valence-electron chi connectivity index (χ3n) is 2.95. The zero-order valence-corrected chi connectivity index (χ0v) is 11.2. The lowest BCUT2D eigenvalue weighted by molar-refractivity contribution is 0.213. The number of ether oxygens (including phenoxy) is 2. The van der Waals surface area contributed by atoms with Crippen molar-refractivity contribution < 1.29 is 9.47 Å². The number of methoxy groups -OCH3 is 1. The van der Waals surface area contributed by atoms with Crippen LogP contribution < -0.4 is 15.2 Å². The second-order valence-corrected chi connectivity index (χ2v) is 4.20. The van der Waals surface area contributed by atoms with Gasteiger partial charge in [-0.25, -0.2) is 0 Å². The van der Waals surface area contributed by atoms with Gasteiger partial charge in [0.25, 0.3) is 0 Å². The molecular formula is C15H18N2O2. The minimum absolute atomic E-state index is 0.115. The van der Waals surface area contributed by atoms with Gasteiger partial charge in [0.1, 0.15) is 6.10 Å². The summed E-state index contributed by atoms with van der Waals surface area (Å²) in [6, 6.07) is 9.58. The van der Waals surface area contributed by atoms with Crippen LogP contribution in [0.3, 0.4) is 0 Å². The highest BCUT2D eigenvalue weighted by molar-refractivity contribution is 5.46. The van der Waals surface area contributed by atoms with E-state index in [-0.39, 0.29) is 6.10 Å². The van der Waals surface area contributed by atoms with Crippen molar-refractivity contribution in [1.82, 2.24) is 4.98 Å². The lowest BCUT2D eigenvalue weighted by atomic mass is 10.1. The van der Waals surface area contributed by atoms with Gasteiger partial charge in [0.15, 0.2) is 11.5 Å². The molecule has 1 heterocycles. The Labute approximate surface area is 113 Å². The Kier molecular flexibility index (Phi) is 4.36. The van der Waals surface area contributed by atoms with Crippen LogP contribution in [-0.4, -0.2) is 12.1 Å². The summed E-state index contributed by atoms with van der Waals surface area (Å²) in [6.45, 7) is 2.38. The minimum atomic E-state index is -0.115. The number of hydrogen-bond acceptors (Lipinski definition) is 4. The highest BCUT2D eigenvalue weighted by Gasteiger charge is 2.14. The smallest absolute Gasteiger partial charge is 0.166 e. The highest BCUT2D eigenvalue weighted by atomic mass is 16.5. The number of pyridine rings is 1. The summed E-state index contributed by atoms with van der Waals surface area (Å²) in [5, 5.41) is 0. The molecule has 0 aliphatic rings. The normalized spacial score (nSPS) is 11.9. The molecule has 0 radical (unpaired) electrons. The van der Waals surface area contributed by atoms with Crippen molar-refractivity contribution in [2.45, 2.75) is 19.6 Å². The Balaban J connectivity index is 2.27. The molecule has 19 heavy (non-hydrogen) atoms. The van der Waals surface area contributed by atoms with Gasteiger partial charge < -0.3 is 15.2 Å². The highest BCUT2D eigenvalue weighted by Crippen LogP contribution is 2.34. The average Bonchev–Trinajstić information content (AvgIpc) is 2.48. The maximum Gasteiger partial charge on any atom is 0.166 e. The fraction of sp³-hybridized carbons (Fsp3) is 0.267. The van der Waals surface area contributed by atoms with E-state index in [1.54, 1.807) is 19.5 Å². The Bertz CT molecular complexity index is 507. The third-order valence-corrected chi connectivity index (χ3v) is 2.95. The van der Waals surface area contributed by atoms with Crippen molar-refractivity contribution in [3.63, 3.8) is 0 Å². The van der Waals surface area contributed by atoms with Crippen molar-refractivity contribution in [1.29, 1.82) is 0 Å². The predicted octanol–water partition coefficient (Wildman–Crippen LogP) is 2.69.